The van der Waals surface area contributed by atoms with Crippen LogP contribution in [0.5, 0.6) is 0 Å². The predicted molar refractivity (Wildman–Crippen MR) is 131 cm³/mol. The number of nitrogens with zero attached hydrogens (tertiary/aromatic N) is 5. The van der Waals surface area contributed by atoms with Gasteiger partial charge < -0.3 is 10.8 Å². The van der Waals surface area contributed by atoms with Gasteiger partial charge >= 0.3 is 38.1 Å². The fourth-order valence-electron chi connectivity index (χ4n) is 2.30. The second-order valence-corrected chi connectivity index (χ2v) is 5.79. The second-order valence-electron chi connectivity index (χ2n) is 5.43. The van der Waals surface area contributed by atoms with E-state index in [0.29, 0.717) is 0 Å². The number of thiocarbonyl (C=S) groups is 2. The maximum atomic E-state index is 10.2. The third-order valence-electron chi connectivity index (χ3n) is 3.40. The molecule has 0 saturated heterocycles. The molecule has 4 heterocycles. The summed E-state index contributed by atoms with van der Waals surface area (Å²) in [4.78, 5) is 48.7. The third-order valence-corrected chi connectivity index (χ3v) is 3.40. The fraction of sp³-hybridized carbons (Fsp3) is 0. The molecule has 0 bridgehead atoms. The van der Waals surface area contributed by atoms with Crippen molar-refractivity contribution in [3.05, 3.63) is 110 Å². The summed E-state index contributed by atoms with van der Waals surface area (Å²) in [5.41, 5.74) is 1.66. The normalized spacial score (nSPS) is 8.35. The van der Waals surface area contributed by atoms with Gasteiger partial charge in [0.25, 0.3) is 0 Å². The van der Waals surface area contributed by atoms with Crippen molar-refractivity contribution < 1.29 is 21.1 Å². The van der Waals surface area contributed by atoms with E-state index in [-0.39, 0.29) is 21.1 Å². The van der Waals surface area contributed by atoms with Crippen molar-refractivity contribution in [2.24, 2.45) is 0 Å². The van der Waals surface area contributed by atoms with Crippen molar-refractivity contribution in [1.82, 2.24) is 29.9 Å². The summed E-state index contributed by atoms with van der Waals surface area (Å²) in [6.45, 7) is 0. The summed E-state index contributed by atoms with van der Waals surface area (Å²) >= 11 is 7.40. The maximum Gasteiger partial charge on any atom is 2.00 e. The van der Waals surface area contributed by atoms with E-state index >= 15 is 0 Å². The van der Waals surface area contributed by atoms with Crippen LogP contribution in [0.3, 0.4) is 0 Å². The summed E-state index contributed by atoms with van der Waals surface area (Å²) in [6, 6.07) is 11.9. The molecule has 0 atom stereocenters. The molecule has 3 N–H and O–H groups in total. The zero-order valence-corrected chi connectivity index (χ0v) is 20.8. The van der Waals surface area contributed by atoms with Crippen LogP contribution in [0.2, 0.25) is 0 Å². The molecule has 0 fully saturated rings. The first-order chi connectivity index (χ1) is 16.0. The summed E-state index contributed by atoms with van der Waals surface area (Å²) in [5.74, 6) is 0. The smallest absolute Gasteiger partial charge is 0.753 e. The second kappa shape index (κ2) is 17.7. The van der Waals surface area contributed by atoms with E-state index in [4.69, 9.17) is 10.8 Å². The molecule has 4 rings (SSSR count). The van der Waals surface area contributed by atoms with Crippen molar-refractivity contribution in [2.75, 3.05) is 0 Å². The fourth-order valence-corrected chi connectivity index (χ4v) is 2.30. The van der Waals surface area contributed by atoms with E-state index < -0.39 is 17.1 Å². The van der Waals surface area contributed by atoms with Crippen molar-refractivity contribution in [1.29, 1.82) is 0 Å². The van der Waals surface area contributed by atoms with Crippen LogP contribution in [0.1, 0.15) is 0 Å². The number of hydrogen-bond donors (Lipinski definition) is 3. The molecule has 0 radical (unpaired) electrons. The van der Waals surface area contributed by atoms with Crippen molar-refractivity contribution in [3.63, 3.8) is 0 Å². The average Bonchev–Trinajstić information content (AvgIpc) is 2.81. The third kappa shape index (κ3) is 11.1. The molecule has 0 spiro atoms. The molecule has 34 heavy (non-hydrogen) atoms. The summed E-state index contributed by atoms with van der Waals surface area (Å²) in [7, 11) is 0. The van der Waals surface area contributed by atoms with Gasteiger partial charge in [0.2, 0.25) is 0 Å². The van der Waals surface area contributed by atoms with Gasteiger partial charge in [-0.2, -0.15) is 10.3 Å². The monoisotopic (exact) mass is 673 g/mol. The van der Waals surface area contributed by atoms with E-state index in [9.17, 15) is 14.4 Å². The van der Waals surface area contributed by atoms with E-state index in [1.165, 1.54) is 10.3 Å². The largest absolute Gasteiger partial charge is 2.00 e. The Balaban J connectivity index is 0.000000574. The van der Waals surface area contributed by atoms with Crippen LogP contribution in [-0.4, -0.2) is 40.2 Å². The Bertz CT molecular complexity index is 1230. The number of pyridine rings is 3. The molecule has 14 heteroatoms. The van der Waals surface area contributed by atoms with Crippen molar-refractivity contribution in [2.45, 2.75) is 0 Å². The molecular formula is C20H14N8O3PtS2. The van der Waals surface area contributed by atoms with Crippen LogP contribution in [0, 0.1) is 0 Å². The Morgan fingerprint density at radius 2 is 1.12 bits per heavy atom. The van der Waals surface area contributed by atoms with Crippen molar-refractivity contribution in [3.8, 4) is 22.4 Å². The number of isothiocyanates is 2. The summed E-state index contributed by atoms with van der Waals surface area (Å²) < 4.78 is 0. The van der Waals surface area contributed by atoms with E-state index in [1.54, 1.807) is 33.5 Å². The first-order valence-electron chi connectivity index (χ1n) is 8.68. The van der Waals surface area contributed by atoms with E-state index in [0.717, 1.165) is 22.4 Å². The number of H-pyrrole nitrogens is 3. The van der Waals surface area contributed by atoms with Gasteiger partial charge in [0.05, 0.1) is 5.69 Å². The topological polar surface area (TPSA) is 182 Å². The van der Waals surface area contributed by atoms with Gasteiger partial charge in [-0.15, -0.1) is 0 Å². The molecule has 4 aromatic rings. The van der Waals surface area contributed by atoms with Crippen LogP contribution in [0.4, 0.5) is 0 Å². The Morgan fingerprint density at radius 3 is 1.53 bits per heavy atom. The molecule has 0 aromatic carbocycles. The first-order valence-corrected chi connectivity index (χ1v) is 9.49. The number of aromatic amines is 3. The van der Waals surface area contributed by atoms with Gasteiger partial charge in [0, 0.05) is 47.7 Å². The number of hydrogen-bond acceptors (Lipinski definition) is 8. The van der Waals surface area contributed by atoms with Gasteiger partial charge in [0.1, 0.15) is 0 Å². The predicted octanol–water partition coefficient (Wildman–Crippen LogP) is 2.27. The van der Waals surface area contributed by atoms with Gasteiger partial charge in [-0.05, 0) is 24.3 Å². The molecule has 0 saturated carbocycles. The Kier molecular flexibility index (Phi) is 15.7. The molecule has 174 valence electrons. The average molecular weight is 674 g/mol. The molecule has 0 unspecified atom stereocenters. The number of rotatable bonds is 2. The maximum absolute atomic E-state index is 10.2. The summed E-state index contributed by atoms with van der Waals surface area (Å²) in [6.07, 6.45) is 8.99. The molecule has 0 aliphatic rings. The van der Waals surface area contributed by atoms with Crippen LogP contribution in [0.25, 0.3) is 33.2 Å². The van der Waals surface area contributed by atoms with Gasteiger partial charge in [-0.3, -0.25) is 29.9 Å². The van der Waals surface area contributed by atoms with E-state index in [1.807, 2.05) is 48.8 Å². The minimum Gasteiger partial charge on any atom is -0.753 e. The van der Waals surface area contributed by atoms with E-state index in [2.05, 4.69) is 39.4 Å². The minimum atomic E-state index is -0.802. The van der Waals surface area contributed by atoms with Crippen molar-refractivity contribution >= 4 is 34.8 Å². The van der Waals surface area contributed by atoms with Crippen LogP contribution < -0.4 is 17.1 Å². The Labute approximate surface area is 217 Å². The summed E-state index contributed by atoms with van der Waals surface area (Å²) in [5, 5.41) is 16.9. The van der Waals surface area contributed by atoms with Gasteiger partial charge in [-0.1, -0.05) is 36.6 Å². The Hall–Kier alpha value is -3.85. The van der Waals surface area contributed by atoms with Gasteiger partial charge in [-0.25, -0.2) is 14.4 Å². The number of aromatic nitrogens is 6. The first kappa shape index (κ1) is 30.1. The molecule has 0 aliphatic heterocycles. The molecule has 0 aliphatic carbocycles. The molecule has 0 amide bonds. The zero-order valence-electron chi connectivity index (χ0n) is 16.9. The molecule has 4 aromatic heterocycles. The standard InChI is InChI=1S/C15H11N3.C3H3N3O3.2CNS.Pt/c1-4-12(10-16-7-1)14-6-3-9-18-15(14)13-5-2-8-17-11-13;7-1-4-2(8)6-3(9)5-1;2*2-1-3;/h1-11H;(H3,4,5,6,7,8,9);;;/q;;2*-1;+2. The SMILES string of the molecule is O=c1[nH]c(=O)[nH]c(=O)[nH]1.[N-]=C=S.[N-]=C=S.[Pt+2].c1cncc(-c2cccnc2-c2cccnc2)c1. The van der Waals surface area contributed by atoms with Crippen LogP contribution in [0.15, 0.2) is 81.8 Å². The quantitative estimate of drug-likeness (QED) is 0.214. The van der Waals surface area contributed by atoms with Crippen LogP contribution in [-0.2, 0) is 21.1 Å². The molecule has 11 nitrogen and oxygen atoms in total. The van der Waals surface area contributed by atoms with Gasteiger partial charge in [0.15, 0.2) is 0 Å². The number of nitrogens with one attached hydrogen (secondary N) is 3. The molecular weight excluding hydrogens is 659 g/mol. The Morgan fingerprint density at radius 1 is 0.706 bits per heavy atom. The zero-order chi connectivity index (χ0) is 24.5. The van der Waals surface area contributed by atoms with Crippen LogP contribution >= 0.6 is 24.4 Å². The minimum absolute atomic E-state index is 0.